The third-order valence-electron chi connectivity index (χ3n) is 8.28. The van der Waals surface area contributed by atoms with Gasteiger partial charge in [-0.2, -0.15) is 0 Å². The van der Waals surface area contributed by atoms with Gasteiger partial charge in [0.2, 0.25) is 7.49 Å². The highest BCUT2D eigenvalue weighted by atomic mass is 32.1. The van der Waals surface area contributed by atoms with Crippen LogP contribution in [0.4, 0.5) is 0 Å². The van der Waals surface area contributed by atoms with Crippen LogP contribution < -0.4 is 15.9 Å². The molecule has 0 aliphatic carbocycles. The number of aromatic nitrogens is 3. The lowest BCUT2D eigenvalue weighted by atomic mass is 10.1. The average Bonchev–Trinajstić information content (AvgIpc) is 3.52. The minimum absolute atomic E-state index is 0.637. The smallest absolute Gasteiger partial charge is 0.225 e. The number of benzene rings is 6. The Morgan fingerprint density at radius 1 is 0.478 bits per heavy atom. The predicted molar refractivity (Wildman–Crippen MR) is 195 cm³/mol. The minimum atomic E-state index is -2.53. The van der Waals surface area contributed by atoms with Crippen molar-refractivity contribution in [2.45, 2.75) is 0 Å². The number of fused-ring (bicyclic) bond motifs is 3. The van der Waals surface area contributed by atoms with Crippen LogP contribution in [0.25, 0.3) is 54.3 Å². The predicted octanol–water partition coefficient (Wildman–Crippen LogP) is 9.10. The summed E-state index contributed by atoms with van der Waals surface area (Å²) in [4.78, 5) is 15.3. The van der Waals surface area contributed by atoms with Crippen LogP contribution in [0.15, 0.2) is 158 Å². The van der Waals surface area contributed by atoms with Gasteiger partial charge in [0.25, 0.3) is 0 Å². The van der Waals surface area contributed by atoms with Crippen molar-refractivity contribution in [2.24, 2.45) is 0 Å². The normalized spacial score (nSPS) is 11.7. The van der Waals surface area contributed by atoms with Crippen LogP contribution in [0, 0.1) is 0 Å². The lowest BCUT2D eigenvalue weighted by Gasteiger charge is -2.24. The van der Waals surface area contributed by atoms with Crippen molar-refractivity contribution in [3.8, 4) is 34.2 Å². The molecule has 2 heterocycles. The van der Waals surface area contributed by atoms with Crippen LogP contribution >= 0.6 is 18.8 Å². The van der Waals surface area contributed by atoms with E-state index in [0.717, 1.165) is 38.0 Å². The molecule has 0 bridgehead atoms. The zero-order chi connectivity index (χ0) is 30.9. The quantitative estimate of drug-likeness (QED) is 0.165. The summed E-state index contributed by atoms with van der Waals surface area (Å²) in [6, 6.07) is 54.7. The highest BCUT2D eigenvalue weighted by molar-refractivity contribution is 7.91. The lowest BCUT2D eigenvalue weighted by molar-refractivity contribution is 0.466. The maximum absolute atomic E-state index is 6.76. The van der Waals surface area contributed by atoms with Gasteiger partial charge in [0.15, 0.2) is 17.5 Å². The van der Waals surface area contributed by atoms with E-state index in [1.807, 2.05) is 67.8 Å². The van der Waals surface area contributed by atoms with Gasteiger partial charge in [-0.15, -0.1) is 11.3 Å². The fourth-order valence-corrected chi connectivity index (χ4v) is 10.8. The van der Waals surface area contributed by atoms with Gasteiger partial charge >= 0.3 is 0 Å². The minimum Gasteiger partial charge on any atom is -0.225 e. The summed E-state index contributed by atoms with van der Waals surface area (Å²) in [5.74, 6) is 1.92. The van der Waals surface area contributed by atoms with E-state index in [-0.39, 0.29) is 0 Å². The third-order valence-corrected chi connectivity index (χ3v) is 13.0. The summed E-state index contributed by atoms with van der Waals surface area (Å²) in [5.41, 5.74) is 2.85. The molecule has 0 spiro atoms. The molecule has 8 rings (SSSR count). The van der Waals surface area contributed by atoms with Crippen LogP contribution in [-0.4, -0.2) is 22.1 Å². The van der Waals surface area contributed by atoms with Crippen LogP contribution in [0.2, 0.25) is 0 Å². The maximum Gasteiger partial charge on any atom is 0.241 e. The van der Waals surface area contributed by atoms with Crippen LogP contribution in [0.5, 0.6) is 0 Å². The van der Waals surface area contributed by atoms with Crippen LogP contribution in [0.1, 0.15) is 0 Å². The van der Waals surface area contributed by atoms with E-state index in [2.05, 4.69) is 97.1 Å². The molecule has 4 nitrogen and oxygen atoms in total. The third kappa shape index (κ3) is 4.90. The topological polar surface area (TPSA) is 47.9 Å². The van der Waals surface area contributed by atoms with Gasteiger partial charge in [0.05, 0.1) is 7.11 Å². The molecule has 0 amide bonds. The molecule has 2 aromatic heterocycles. The van der Waals surface area contributed by atoms with Gasteiger partial charge in [-0.3, -0.25) is 0 Å². The Labute approximate surface area is 272 Å². The number of nitrogens with zero attached hydrogens (tertiary/aromatic N) is 3. The van der Waals surface area contributed by atoms with Gasteiger partial charge in [-0.05, 0) is 36.4 Å². The molecule has 0 N–H and O–H groups in total. The molecule has 0 radical (unpaired) electrons. The summed E-state index contributed by atoms with van der Waals surface area (Å²) in [7, 11) is -0.694. The molecule has 6 aromatic carbocycles. The molecular formula is C40H29N3OPS+. The molecular weight excluding hydrogens is 602 g/mol. The van der Waals surface area contributed by atoms with Gasteiger partial charge in [-0.1, -0.05) is 115 Å². The largest absolute Gasteiger partial charge is 0.241 e. The number of hydrogen-bond donors (Lipinski definition) is 0. The van der Waals surface area contributed by atoms with E-state index in [4.69, 9.17) is 19.5 Å². The van der Waals surface area contributed by atoms with Crippen molar-refractivity contribution in [1.29, 1.82) is 0 Å². The Hall–Kier alpha value is -5.06. The zero-order valence-electron chi connectivity index (χ0n) is 25.1. The molecule has 46 heavy (non-hydrogen) atoms. The second-order valence-electron chi connectivity index (χ2n) is 11.0. The van der Waals surface area contributed by atoms with E-state index in [0.29, 0.717) is 17.5 Å². The lowest BCUT2D eigenvalue weighted by Crippen LogP contribution is -2.32. The molecule has 8 aromatic rings. The second-order valence-corrected chi connectivity index (χ2v) is 15.2. The second kappa shape index (κ2) is 12.0. The SMILES string of the molecule is CO[P+](c1ccccc1)(c1ccccc1)c1cc(-c2nc(-c3ccccc3)nc(-c3ccccc3)n2)c2c(c1)sc1ccccc12. The molecule has 220 valence electrons. The summed E-state index contributed by atoms with van der Waals surface area (Å²) < 4.78 is 9.15. The highest BCUT2D eigenvalue weighted by Gasteiger charge is 2.47. The number of rotatable bonds is 7. The Kier molecular flexibility index (Phi) is 7.43. The van der Waals surface area contributed by atoms with Gasteiger partial charge in [-0.25, -0.2) is 19.5 Å². The number of thiophene rings is 1. The fraction of sp³-hybridized carbons (Fsp3) is 0.0250. The molecule has 0 unspecified atom stereocenters. The first-order valence-corrected chi connectivity index (χ1v) is 17.7. The maximum atomic E-state index is 6.76. The van der Waals surface area contributed by atoms with E-state index in [1.54, 1.807) is 11.3 Å². The molecule has 0 saturated carbocycles. The van der Waals surface area contributed by atoms with E-state index in [9.17, 15) is 0 Å². The Morgan fingerprint density at radius 2 is 0.957 bits per heavy atom. The standard InChI is InChI=1S/C40H29N3OPS/c1-44-45(30-20-10-4-11-21-30,31-22-12-5-13-23-31)32-26-34(37-33-24-14-15-25-35(33)46-36(37)27-32)40-42-38(28-16-6-2-7-17-28)41-39(43-40)29-18-8-3-9-19-29/h2-27H,1H3/q+1. The highest BCUT2D eigenvalue weighted by Crippen LogP contribution is 2.57. The first-order valence-electron chi connectivity index (χ1n) is 15.1. The average molecular weight is 631 g/mol. The Balaban J connectivity index is 1.48. The van der Waals surface area contributed by atoms with Crippen molar-refractivity contribution in [1.82, 2.24) is 15.0 Å². The Bertz CT molecular complexity index is 2200. The van der Waals surface area contributed by atoms with Crippen molar-refractivity contribution >= 4 is 54.9 Å². The molecule has 0 aliphatic heterocycles. The molecule has 0 aliphatic rings. The molecule has 6 heteroatoms. The first-order chi connectivity index (χ1) is 22.7. The van der Waals surface area contributed by atoms with Gasteiger partial charge < -0.3 is 0 Å². The fourth-order valence-electron chi connectivity index (χ4n) is 6.17. The number of hydrogen-bond acceptors (Lipinski definition) is 5. The van der Waals surface area contributed by atoms with Gasteiger partial charge in [0.1, 0.15) is 15.9 Å². The van der Waals surface area contributed by atoms with Crippen molar-refractivity contribution in [3.63, 3.8) is 0 Å². The van der Waals surface area contributed by atoms with Crippen LogP contribution in [0.3, 0.4) is 0 Å². The first kappa shape index (κ1) is 28.4. The summed E-state index contributed by atoms with van der Waals surface area (Å²) >= 11 is 1.79. The van der Waals surface area contributed by atoms with Crippen molar-refractivity contribution in [3.05, 3.63) is 158 Å². The van der Waals surface area contributed by atoms with Crippen molar-refractivity contribution in [2.75, 3.05) is 7.11 Å². The van der Waals surface area contributed by atoms with E-state index < -0.39 is 7.49 Å². The zero-order valence-corrected chi connectivity index (χ0v) is 26.8. The molecule has 0 fully saturated rings. The van der Waals surface area contributed by atoms with E-state index in [1.165, 1.54) is 14.8 Å². The monoisotopic (exact) mass is 630 g/mol. The summed E-state index contributed by atoms with van der Waals surface area (Å²) in [5, 5.41) is 5.75. The molecule has 0 atom stereocenters. The van der Waals surface area contributed by atoms with E-state index >= 15 is 0 Å². The summed E-state index contributed by atoms with van der Waals surface area (Å²) in [6.45, 7) is 0. The summed E-state index contributed by atoms with van der Waals surface area (Å²) in [6.07, 6.45) is 0. The van der Waals surface area contributed by atoms with Crippen molar-refractivity contribution < 1.29 is 4.52 Å². The molecule has 0 saturated heterocycles. The Morgan fingerprint density at radius 3 is 1.50 bits per heavy atom. The van der Waals surface area contributed by atoms with Crippen LogP contribution in [-0.2, 0) is 4.52 Å². The van der Waals surface area contributed by atoms with Gasteiger partial charge in [0, 0.05) is 42.9 Å².